The van der Waals surface area contributed by atoms with Crippen LogP contribution in [0.5, 0.6) is 0 Å². The average molecular weight is 259 g/mol. The minimum atomic E-state index is 0.517. The highest BCUT2D eigenvalue weighted by Gasteiger charge is 1.95. The third-order valence-electron chi connectivity index (χ3n) is 1.49. The Kier molecular flexibility index (Phi) is 4.27. The van der Waals surface area contributed by atoms with Crippen LogP contribution in [0.3, 0.4) is 0 Å². The van der Waals surface area contributed by atoms with Crippen molar-refractivity contribution >= 4 is 27.5 Å². The van der Waals surface area contributed by atoms with Crippen molar-refractivity contribution in [3.63, 3.8) is 0 Å². The summed E-state index contributed by atoms with van der Waals surface area (Å²) < 4.78 is 0. The SMILES string of the molecule is Cc1nc(Cl)ccc1C#CCCBr. The fraction of sp³-hybridized carbons (Fsp3) is 0.300. The van der Waals surface area contributed by atoms with Crippen LogP contribution in [0.15, 0.2) is 12.1 Å². The lowest BCUT2D eigenvalue weighted by molar-refractivity contribution is 1.18. The molecule has 0 unspecified atom stereocenters. The Morgan fingerprint density at radius 2 is 2.31 bits per heavy atom. The van der Waals surface area contributed by atoms with E-state index in [1.54, 1.807) is 6.07 Å². The molecule has 0 aliphatic carbocycles. The first-order valence-corrected chi connectivity index (χ1v) is 5.42. The third kappa shape index (κ3) is 3.38. The third-order valence-corrected chi connectivity index (χ3v) is 2.10. The van der Waals surface area contributed by atoms with Crippen LogP contribution < -0.4 is 0 Å². The summed E-state index contributed by atoms with van der Waals surface area (Å²) in [6.45, 7) is 1.91. The zero-order valence-electron chi connectivity index (χ0n) is 7.27. The molecule has 13 heavy (non-hydrogen) atoms. The van der Waals surface area contributed by atoms with Crippen molar-refractivity contribution in [3.05, 3.63) is 28.5 Å². The van der Waals surface area contributed by atoms with E-state index < -0.39 is 0 Å². The van der Waals surface area contributed by atoms with Crippen LogP contribution in [0.2, 0.25) is 5.15 Å². The van der Waals surface area contributed by atoms with Gasteiger partial charge in [-0.15, -0.1) is 0 Å². The van der Waals surface area contributed by atoms with Gasteiger partial charge in [0.15, 0.2) is 0 Å². The number of halogens is 2. The molecule has 1 aromatic rings. The molecule has 0 atom stereocenters. The molecule has 1 aromatic heterocycles. The standard InChI is InChI=1S/C10H9BrClN/c1-8-9(4-2-3-7-11)5-6-10(12)13-8/h5-6H,3,7H2,1H3. The molecule has 0 amide bonds. The van der Waals surface area contributed by atoms with Crippen molar-refractivity contribution in [1.29, 1.82) is 0 Å². The van der Waals surface area contributed by atoms with Crippen LogP contribution in [0.25, 0.3) is 0 Å². The van der Waals surface area contributed by atoms with Gasteiger partial charge in [0.1, 0.15) is 5.15 Å². The number of alkyl halides is 1. The van der Waals surface area contributed by atoms with Crippen molar-refractivity contribution in [3.8, 4) is 11.8 Å². The summed E-state index contributed by atoms with van der Waals surface area (Å²) in [5.74, 6) is 6.07. The Morgan fingerprint density at radius 3 is 2.92 bits per heavy atom. The molecule has 0 saturated carbocycles. The van der Waals surface area contributed by atoms with E-state index in [2.05, 4.69) is 32.8 Å². The lowest BCUT2D eigenvalue weighted by atomic mass is 10.2. The predicted octanol–water partition coefficient (Wildman–Crippen LogP) is 3.18. The molecule has 0 aliphatic rings. The Bertz CT molecular complexity index is 352. The van der Waals surface area contributed by atoms with Gasteiger partial charge in [0.2, 0.25) is 0 Å². The Hall–Kier alpha value is -0.520. The summed E-state index contributed by atoms with van der Waals surface area (Å²) in [4.78, 5) is 4.10. The highest BCUT2D eigenvalue weighted by atomic mass is 79.9. The summed E-state index contributed by atoms with van der Waals surface area (Å²) >= 11 is 9.03. The fourth-order valence-corrected chi connectivity index (χ4v) is 1.26. The Balaban J connectivity index is 2.85. The summed E-state index contributed by atoms with van der Waals surface area (Å²) in [6.07, 6.45) is 0.849. The molecule has 1 nitrogen and oxygen atoms in total. The number of aryl methyl sites for hydroxylation is 1. The normalized spacial score (nSPS) is 9.15. The Labute approximate surface area is 91.6 Å². The highest BCUT2D eigenvalue weighted by molar-refractivity contribution is 9.09. The van der Waals surface area contributed by atoms with Crippen molar-refractivity contribution in [2.24, 2.45) is 0 Å². The van der Waals surface area contributed by atoms with Gasteiger partial charge in [0, 0.05) is 17.3 Å². The van der Waals surface area contributed by atoms with Crippen LogP contribution in [-0.2, 0) is 0 Å². The number of aromatic nitrogens is 1. The van der Waals surface area contributed by atoms with Gasteiger partial charge in [-0.3, -0.25) is 0 Å². The van der Waals surface area contributed by atoms with E-state index in [-0.39, 0.29) is 0 Å². The summed E-state index contributed by atoms with van der Waals surface area (Å²) in [5.41, 5.74) is 1.83. The van der Waals surface area contributed by atoms with Crippen LogP contribution >= 0.6 is 27.5 Å². The van der Waals surface area contributed by atoms with E-state index in [9.17, 15) is 0 Å². The lowest BCUT2D eigenvalue weighted by Crippen LogP contribution is -1.87. The van der Waals surface area contributed by atoms with Gasteiger partial charge in [0.25, 0.3) is 0 Å². The van der Waals surface area contributed by atoms with Crippen LogP contribution in [0.4, 0.5) is 0 Å². The van der Waals surface area contributed by atoms with Gasteiger partial charge < -0.3 is 0 Å². The fourth-order valence-electron chi connectivity index (χ4n) is 0.867. The number of rotatable bonds is 1. The molecule has 1 heterocycles. The molecule has 1 rings (SSSR count). The van der Waals surface area contributed by atoms with Crippen LogP contribution in [0, 0.1) is 18.8 Å². The minimum absolute atomic E-state index is 0.517. The molecule has 0 saturated heterocycles. The van der Waals surface area contributed by atoms with E-state index in [0.29, 0.717) is 5.15 Å². The zero-order valence-corrected chi connectivity index (χ0v) is 9.61. The van der Waals surface area contributed by atoms with Gasteiger partial charge in [-0.25, -0.2) is 4.98 Å². The average Bonchev–Trinajstić information content (AvgIpc) is 2.09. The van der Waals surface area contributed by atoms with Gasteiger partial charge in [-0.2, -0.15) is 0 Å². The van der Waals surface area contributed by atoms with Gasteiger partial charge in [-0.05, 0) is 19.1 Å². The topological polar surface area (TPSA) is 12.9 Å². The Morgan fingerprint density at radius 1 is 1.54 bits per heavy atom. The number of nitrogens with zero attached hydrogens (tertiary/aromatic N) is 1. The number of hydrogen-bond acceptors (Lipinski definition) is 1. The molecule has 0 aliphatic heterocycles. The first kappa shape index (κ1) is 10.6. The maximum atomic E-state index is 5.71. The maximum Gasteiger partial charge on any atom is 0.129 e. The second-order valence-corrected chi connectivity index (χ2v) is 3.69. The smallest absolute Gasteiger partial charge is 0.129 e. The maximum absolute atomic E-state index is 5.71. The van der Waals surface area contributed by atoms with E-state index in [0.717, 1.165) is 23.0 Å². The molecule has 0 N–H and O–H groups in total. The number of hydrogen-bond donors (Lipinski definition) is 0. The summed E-state index contributed by atoms with van der Waals surface area (Å²) in [5, 5.41) is 1.42. The highest BCUT2D eigenvalue weighted by Crippen LogP contribution is 2.09. The van der Waals surface area contributed by atoms with Gasteiger partial charge in [-0.1, -0.05) is 39.4 Å². The molecule has 68 valence electrons. The zero-order chi connectivity index (χ0) is 9.68. The first-order valence-electron chi connectivity index (χ1n) is 3.92. The molecule has 0 bridgehead atoms. The molecule has 3 heteroatoms. The monoisotopic (exact) mass is 257 g/mol. The van der Waals surface area contributed by atoms with Crippen molar-refractivity contribution in [2.45, 2.75) is 13.3 Å². The van der Waals surface area contributed by atoms with Crippen molar-refractivity contribution in [2.75, 3.05) is 5.33 Å². The molecular formula is C10H9BrClN. The second kappa shape index (κ2) is 5.26. The summed E-state index contributed by atoms with van der Waals surface area (Å²) in [6, 6.07) is 3.65. The quantitative estimate of drug-likeness (QED) is 0.428. The molecular weight excluding hydrogens is 249 g/mol. The van der Waals surface area contributed by atoms with Crippen LogP contribution in [-0.4, -0.2) is 10.3 Å². The molecule has 0 radical (unpaired) electrons. The lowest BCUT2D eigenvalue weighted by Gasteiger charge is -1.96. The van der Waals surface area contributed by atoms with Gasteiger partial charge in [0.05, 0.1) is 5.69 Å². The van der Waals surface area contributed by atoms with Crippen molar-refractivity contribution < 1.29 is 0 Å². The first-order chi connectivity index (χ1) is 6.24. The van der Waals surface area contributed by atoms with E-state index in [1.807, 2.05) is 13.0 Å². The summed E-state index contributed by atoms with van der Waals surface area (Å²) in [7, 11) is 0. The van der Waals surface area contributed by atoms with Crippen LogP contribution in [0.1, 0.15) is 17.7 Å². The van der Waals surface area contributed by atoms with E-state index >= 15 is 0 Å². The largest absolute Gasteiger partial charge is 0.240 e. The van der Waals surface area contributed by atoms with Gasteiger partial charge >= 0.3 is 0 Å². The van der Waals surface area contributed by atoms with E-state index in [1.165, 1.54) is 0 Å². The molecule has 0 spiro atoms. The predicted molar refractivity (Wildman–Crippen MR) is 59.3 cm³/mol. The minimum Gasteiger partial charge on any atom is -0.240 e. The van der Waals surface area contributed by atoms with Crippen molar-refractivity contribution in [1.82, 2.24) is 4.98 Å². The number of pyridine rings is 1. The van der Waals surface area contributed by atoms with E-state index in [4.69, 9.17) is 11.6 Å². The molecule has 0 aromatic carbocycles. The molecule has 0 fully saturated rings. The second-order valence-electron chi connectivity index (χ2n) is 2.51.